The van der Waals surface area contributed by atoms with Gasteiger partial charge in [0.25, 0.3) is 5.91 Å². The molecule has 0 aliphatic carbocycles. The van der Waals surface area contributed by atoms with E-state index in [2.05, 4.69) is 15.5 Å². The third kappa shape index (κ3) is 4.98. The molecule has 114 valence electrons. The highest BCUT2D eigenvalue weighted by Gasteiger charge is 2.04. The van der Waals surface area contributed by atoms with Gasteiger partial charge in [-0.05, 0) is 42.0 Å². The highest BCUT2D eigenvalue weighted by atomic mass is 32.2. The van der Waals surface area contributed by atoms with E-state index in [-0.39, 0.29) is 11.7 Å². The molecular formula is C14H13N3O4S. The van der Waals surface area contributed by atoms with Crippen molar-refractivity contribution in [2.24, 2.45) is 5.10 Å². The molecular weight excluding hydrogens is 306 g/mol. The number of amides is 1. The maximum absolute atomic E-state index is 11.7. The lowest BCUT2D eigenvalue weighted by molar-refractivity contribution is 0.0955. The molecule has 1 amide bonds. The van der Waals surface area contributed by atoms with Gasteiger partial charge < -0.3 is 4.18 Å². The van der Waals surface area contributed by atoms with Crippen LogP contribution >= 0.6 is 0 Å². The highest BCUT2D eigenvalue weighted by molar-refractivity contribution is 7.86. The van der Waals surface area contributed by atoms with Crippen LogP contribution in [0.1, 0.15) is 15.9 Å². The van der Waals surface area contributed by atoms with Crippen LogP contribution in [0.4, 0.5) is 0 Å². The molecule has 0 atom stereocenters. The van der Waals surface area contributed by atoms with Crippen LogP contribution in [-0.2, 0) is 10.1 Å². The lowest BCUT2D eigenvalue weighted by Gasteiger charge is -2.02. The second kappa shape index (κ2) is 6.81. The summed E-state index contributed by atoms with van der Waals surface area (Å²) in [5.41, 5.74) is 3.50. The van der Waals surface area contributed by atoms with Crippen molar-refractivity contribution in [3.8, 4) is 5.75 Å². The number of nitrogens with one attached hydrogen (secondary N) is 1. The molecule has 0 unspecified atom stereocenters. The zero-order chi connectivity index (χ0) is 16.0. The van der Waals surface area contributed by atoms with Crippen molar-refractivity contribution >= 4 is 22.2 Å². The Bertz CT molecular complexity index is 771. The molecule has 22 heavy (non-hydrogen) atoms. The van der Waals surface area contributed by atoms with Gasteiger partial charge in [0.15, 0.2) is 0 Å². The van der Waals surface area contributed by atoms with Gasteiger partial charge in [0.2, 0.25) is 0 Å². The molecule has 2 aromatic rings. The summed E-state index contributed by atoms with van der Waals surface area (Å²) in [6.07, 6.45) is 5.43. The Kier molecular flexibility index (Phi) is 4.84. The van der Waals surface area contributed by atoms with Crippen molar-refractivity contribution in [1.29, 1.82) is 0 Å². The summed E-state index contributed by atoms with van der Waals surface area (Å²) in [6, 6.07) is 9.36. The van der Waals surface area contributed by atoms with E-state index in [1.807, 2.05) is 0 Å². The van der Waals surface area contributed by atoms with E-state index in [4.69, 9.17) is 4.18 Å². The van der Waals surface area contributed by atoms with Gasteiger partial charge in [0.05, 0.1) is 12.5 Å². The fourth-order valence-corrected chi connectivity index (χ4v) is 1.98. The minimum Gasteiger partial charge on any atom is -0.383 e. The second-order valence-corrected chi connectivity index (χ2v) is 5.87. The summed E-state index contributed by atoms with van der Waals surface area (Å²) < 4.78 is 26.6. The van der Waals surface area contributed by atoms with Crippen LogP contribution in [0.2, 0.25) is 0 Å². The van der Waals surface area contributed by atoms with Crippen molar-refractivity contribution in [2.45, 2.75) is 0 Å². The molecule has 0 saturated heterocycles. The summed E-state index contributed by atoms with van der Waals surface area (Å²) in [4.78, 5) is 15.5. The summed E-state index contributed by atoms with van der Waals surface area (Å²) in [5, 5.41) is 3.82. The predicted molar refractivity (Wildman–Crippen MR) is 81.2 cm³/mol. The van der Waals surface area contributed by atoms with E-state index in [9.17, 15) is 13.2 Å². The summed E-state index contributed by atoms with van der Waals surface area (Å²) in [6.45, 7) is 0. The largest absolute Gasteiger partial charge is 0.383 e. The van der Waals surface area contributed by atoms with Gasteiger partial charge in [0, 0.05) is 18.0 Å². The van der Waals surface area contributed by atoms with Gasteiger partial charge in [-0.15, -0.1) is 0 Å². The van der Waals surface area contributed by atoms with Gasteiger partial charge >= 0.3 is 10.1 Å². The molecule has 2 rings (SSSR count). The van der Waals surface area contributed by atoms with Crippen molar-refractivity contribution in [2.75, 3.05) is 6.26 Å². The Morgan fingerprint density at radius 2 is 1.82 bits per heavy atom. The Hall–Kier alpha value is -2.74. The Labute approximate surface area is 127 Å². The average molecular weight is 319 g/mol. The van der Waals surface area contributed by atoms with E-state index in [1.165, 1.54) is 30.7 Å². The second-order valence-electron chi connectivity index (χ2n) is 4.29. The molecule has 1 heterocycles. The van der Waals surface area contributed by atoms with Crippen LogP contribution in [0, 0.1) is 0 Å². The van der Waals surface area contributed by atoms with E-state index < -0.39 is 10.1 Å². The van der Waals surface area contributed by atoms with Gasteiger partial charge in [0.1, 0.15) is 5.75 Å². The first kappa shape index (κ1) is 15.6. The van der Waals surface area contributed by atoms with Crippen LogP contribution in [0.25, 0.3) is 0 Å². The summed E-state index contributed by atoms with van der Waals surface area (Å²) in [7, 11) is -3.54. The number of carbonyl (C=O) groups excluding carboxylic acids is 1. The molecule has 0 saturated carbocycles. The quantitative estimate of drug-likeness (QED) is 0.507. The molecule has 0 aliphatic heterocycles. The van der Waals surface area contributed by atoms with Crippen molar-refractivity contribution in [1.82, 2.24) is 10.4 Å². The number of benzene rings is 1. The maximum Gasteiger partial charge on any atom is 0.306 e. The van der Waals surface area contributed by atoms with Gasteiger partial charge in [-0.1, -0.05) is 0 Å². The molecule has 0 radical (unpaired) electrons. The molecule has 0 bridgehead atoms. The van der Waals surface area contributed by atoms with Crippen LogP contribution < -0.4 is 9.61 Å². The van der Waals surface area contributed by atoms with E-state index >= 15 is 0 Å². The molecule has 0 aliphatic rings. The van der Waals surface area contributed by atoms with Crippen LogP contribution in [-0.4, -0.2) is 31.8 Å². The standard InChI is InChI=1S/C14H13N3O4S/c1-22(19,20)21-13-4-2-11(3-5-13)10-16-17-14(18)12-6-8-15-9-7-12/h2-10H,1H3,(H,17,18)/b16-10+. The summed E-state index contributed by atoms with van der Waals surface area (Å²) >= 11 is 0. The van der Waals surface area contributed by atoms with Crippen molar-refractivity contribution in [3.05, 3.63) is 59.9 Å². The number of nitrogens with zero attached hydrogens (tertiary/aromatic N) is 2. The lowest BCUT2D eigenvalue weighted by Crippen LogP contribution is -2.17. The number of hydrogen-bond acceptors (Lipinski definition) is 6. The number of pyridine rings is 1. The lowest BCUT2D eigenvalue weighted by atomic mass is 10.2. The Balaban J connectivity index is 1.95. The topological polar surface area (TPSA) is 97.7 Å². The van der Waals surface area contributed by atoms with Crippen LogP contribution in [0.3, 0.4) is 0 Å². The molecule has 7 nitrogen and oxygen atoms in total. The van der Waals surface area contributed by atoms with Gasteiger partial charge in [-0.2, -0.15) is 13.5 Å². The van der Waals surface area contributed by atoms with E-state index in [0.29, 0.717) is 11.1 Å². The first-order valence-corrected chi connectivity index (χ1v) is 7.99. The molecule has 8 heteroatoms. The Morgan fingerprint density at radius 3 is 2.41 bits per heavy atom. The minimum absolute atomic E-state index is 0.209. The SMILES string of the molecule is CS(=O)(=O)Oc1ccc(/C=N/NC(=O)c2ccncc2)cc1. The number of aromatic nitrogens is 1. The third-order valence-corrected chi connectivity index (χ3v) is 2.95. The highest BCUT2D eigenvalue weighted by Crippen LogP contribution is 2.12. The average Bonchev–Trinajstić information content (AvgIpc) is 2.48. The fraction of sp³-hybridized carbons (Fsp3) is 0.0714. The molecule has 1 aromatic carbocycles. The maximum atomic E-state index is 11.7. The first-order valence-electron chi connectivity index (χ1n) is 6.17. The zero-order valence-corrected chi connectivity index (χ0v) is 12.4. The number of hydrazone groups is 1. The van der Waals surface area contributed by atoms with Crippen molar-refractivity contribution in [3.63, 3.8) is 0 Å². The third-order valence-electron chi connectivity index (χ3n) is 2.45. The summed E-state index contributed by atoms with van der Waals surface area (Å²) in [5.74, 6) is -0.142. The normalized spacial score (nSPS) is 11.3. The molecule has 0 spiro atoms. The van der Waals surface area contributed by atoms with Crippen LogP contribution in [0.5, 0.6) is 5.75 Å². The van der Waals surface area contributed by atoms with E-state index in [0.717, 1.165) is 6.26 Å². The molecule has 0 fully saturated rings. The zero-order valence-electron chi connectivity index (χ0n) is 11.6. The fourth-order valence-electron chi connectivity index (χ4n) is 1.52. The smallest absolute Gasteiger partial charge is 0.306 e. The minimum atomic E-state index is -3.54. The number of carbonyl (C=O) groups is 1. The number of rotatable bonds is 5. The molecule has 1 aromatic heterocycles. The Morgan fingerprint density at radius 1 is 1.18 bits per heavy atom. The van der Waals surface area contributed by atoms with E-state index in [1.54, 1.807) is 24.3 Å². The predicted octanol–water partition coefficient (Wildman–Crippen LogP) is 1.18. The number of hydrogen-bond donors (Lipinski definition) is 1. The van der Waals surface area contributed by atoms with Crippen LogP contribution in [0.15, 0.2) is 53.9 Å². The molecule has 1 N–H and O–H groups in total. The van der Waals surface area contributed by atoms with Gasteiger partial charge in [-0.25, -0.2) is 5.43 Å². The monoisotopic (exact) mass is 319 g/mol. The van der Waals surface area contributed by atoms with Crippen molar-refractivity contribution < 1.29 is 17.4 Å². The first-order chi connectivity index (χ1) is 10.4. The van der Waals surface area contributed by atoms with Gasteiger partial charge in [-0.3, -0.25) is 9.78 Å².